The number of Topliss-reactive ketones (excluding diaryl/α,β-unsaturated/α-hetero) is 1. The van der Waals surface area contributed by atoms with Crippen molar-refractivity contribution in [3.05, 3.63) is 58.9 Å². The molecule has 0 fully saturated rings. The highest BCUT2D eigenvalue weighted by Gasteiger charge is 2.35. The molecule has 4 atom stereocenters. The van der Waals surface area contributed by atoms with Crippen molar-refractivity contribution in [1.29, 1.82) is 0 Å². The first-order valence-electron chi connectivity index (χ1n) is 9.45. The summed E-state index contributed by atoms with van der Waals surface area (Å²) in [5.41, 5.74) is -0.0772. The summed E-state index contributed by atoms with van der Waals surface area (Å²) in [6.07, 6.45) is -1.95. The fourth-order valence-electron chi connectivity index (χ4n) is 3.03. The molecule has 0 spiro atoms. The zero-order valence-corrected chi connectivity index (χ0v) is 16.9. The summed E-state index contributed by atoms with van der Waals surface area (Å²) in [6, 6.07) is 5.50. The lowest BCUT2D eigenvalue weighted by atomic mass is 9.90. The quantitative estimate of drug-likeness (QED) is 0.261. The Kier molecular flexibility index (Phi) is 7.67. The van der Waals surface area contributed by atoms with Crippen LogP contribution in [-0.4, -0.2) is 68.2 Å². The number of aliphatic carboxylic acids is 2. The highest BCUT2D eigenvalue weighted by molar-refractivity contribution is 6.22. The van der Waals surface area contributed by atoms with Crippen LogP contribution in [0.5, 0.6) is 0 Å². The highest BCUT2D eigenvalue weighted by atomic mass is 16.4. The molecular formula is C21H24N2O8. The minimum absolute atomic E-state index is 0.0503. The second-order valence-electron chi connectivity index (χ2n) is 7.17. The number of hydrogen-bond donors (Lipinski definition) is 6. The normalized spacial score (nSPS) is 18.0. The number of benzene rings is 1. The van der Waals surface area contributed by atoms with Crippen LogP contribution in [0.15, 0.2) is 53.4 Å². The maximum Gasteiger partial charge on any atom is 0.328 e. The summed E-state index contributed by atoms with van der Waals surface area (Å²) in [5, 5.41) is 42.8. The number of carbonyl (C=O) groups is 4. The lowest BCUT2D eigenvalue weighted by Gasteiger charge is -2.27. The Morgan fingerprint density at radius 2 is 1.42 bits per heavy atom. The first-order valence-corrected chi connectivity index (χ1v) is 9.45. The fourth-order valence-corrected chi connectivity index (χ4v) is 3.03. The lowest BCUT2D eigenvalue weighted by Crippen LogP contribution is -2.49. The summed E-state index contributed by atoms with van der Waals surface area (Å²) in [6.45, 7) is 2.44. The highest BCUT2D eigenvalue weighted by Crippen LogP contribution is 2.22. The number of allylic oxidation sites excluding steroid dienone is 2. The van der Waals surface area contributed by atoms with E-state index in [1.54, 1.807) is 30.3 Å². The predicted octanol–water partition coefficient (Wildman–Crippen LogP) is -0.634. The van der Waals surface area contributed by atoms with E-state index >= 15 is 0 Å². The van der Waals surface area contributed by atoms with E-state index in [9.17, 15) is 39.6 Å². The van der Waals surface area contributed by atoms with Gasteiger partial charge in [0.05, 0.1) is 23.6 Å². The second-order valence-corrected chi connectivity index (χ2v) is 7.17. The van der Waals surface area contributed by atoms with Crippen molar-refractivity contribution < 1.29 is 39.6 Å². The zero-order chi connectivity index (χ0) is 23.3. The van der Waals surface area contributed by atoms with E-state index in [1.807, 2.05) is 0 Å². The minimum atomic E-state index is -1.55. The van der Waals surface area contributed by atoms with Crippen LogP contribution < -0.4 is 10.6 Å². The van der Waals surface area contributed by atoms with E-state index in [-0.39, 0.29) is 23.4 Å². The maximum atomic E-state index is 13.1. The van der Waals surface area contributed by atoms with Crippen LogP contribution in [0.3, 0.4) is 0 Å². The van der Waals surface area contributed by atoms with Crippen LogP contribution in [0.1, 0.15) is 19.4 Å². The average molecular weight is 432 g/mol. The Morgan fingerprint density at radius 3 is 1.90 bits per heavy atom. The minimum Gasteiger partial charge on any atom is -0.480 e. The van der Waals surface area contributed by atoms with E-state index in [0.717, 1.165) is 6.08 Å². The molecule has 31 heavy (non-hydrogen) atoms. The molecule has 0 radical (unpaired) electrons. The molecule has 1 aliphatic carbocycles. The largest absolute Gasteiger partial charge is 0.480 e. The van der Waals surface area contributed by atoms with Gasteiger partial charge in [0.1, 0.15) is 0 Å². The van der Waals surface area contributed by atoms with Gasteiger partial charge in [-0.1, -0.05) is 30.3 Å². The number of ketones is 2. The maximum absolute atomic E-state index is 13.1. The number of rotatable bonds is 10. The molecule has 10 nitrogen and oxygen atoms in total. The van der Waals surface area contributed by atoms with Crippen molar-refractivity contribution in [2.24, 2.45) is 0 Å². The third-order valence-corrected chi connectivity index (χ3v) is 4.67. The molecule has 1 aromatic rings. The van der Waals surface area contributed by atoms with Gasteiger partial charge < -0.3 is 31.1 Å². The van der Waals surface area contributed by atoms with Crippen molar-refractivity contribution in [3.63, 3.8) is 0 Å². The van der Waals surface area contributed by atoms with E-state index in [2.05, 4.69) is 10.6 Å². The van der Waals surface area contributed by atoms with Crippen molar-refractivity contribution in [1.82, 2.24) is 10.6 Å². The number of aliphatic hydroxyl groups excluding tert-OH is 2. The molecule has 0 saturated heterocycles. The number of aliphatic hydroxyl groups is 2. The Labute approximate surface area is 177 Å². The molecule has 1 aliphatic rings. The summed E-state index contributed by atoms with van der Waals surface area (Å²) >= 11 is 0. The van der Waals surface area contributed by atoms with Crippen LogP contribution in [-0.2, 0) is 25.6 Å². The monoisotopic (exact) mass is 432 g/mol. The summed E-state index contributed by atoms with van der Waals surface area (Å²) in [7, 11) is 0. The number of carboxylic acid groups (broad SMARTS) is 2. The third-order valence-electron chi connectivity index (χ3n) is 4.67. The Morgan fingerprint density at radius 1 is 0.903 bits per heavy atom. The van der Waals surface area contributed by atoms with Crippen molar-refractivity contribution in [2.75, 3.05) is 0 Å². The average Bonchev–Trinajstić information content (AvgIpc) is 2.68. The number of carbonyl (C=O) groups excluding carboxylic acids is 2. The van der Waals surface area contributed by atoms with Gasteiger partial charge in [0.25, 0.3) is 0 Å². The first-order chi connectivity index (χ1) is 14.5. The van der Waals surface area contributed by atoms with E-state index in [1.165, 1.54) is 13.8 Å². The standard InChI is InChI=1S/C21H24N2O8/c1-10(24)16(20(28)29)22-14-9-15(26)18(23-17(11(2)25)21(30)31)13(19(14)27)8-12-6-4-3-5-7-12/h3-7,9-11,16-17,22-25H,8H2,1-2H3,(H,28,29)(H,30,31)/t10-,11-,16+,17+/m0/s1. The van der Waals surface area contributed by atoms with Crippen molar-refractivity contribution in [3.8, 4) is 0 Å². The zero-order valence-electron chi connectivity index (χ0n) is 16.9. The van der Waals surface area contributed by atoms with Gasteiger partial charge in [0, 0.05) is 18.1 Å². The van der Waals surface area contributed by atoms with Crippen LogP contribution in [0.4, 0.5) is 0 Å². The van der Waals surface area contributed by atoms with Crippen LogP contribution in [0.25, 0.3) is 0 Å². The van der Waals surface area contributed by atoms with Gasteiger partial charge in [-0.3, -0.25) is 9.59 Å². The molecule has 10 heteroatoms. The van der Waals surface area contributed by atoms with Gasteiger partial charge in [0.2, 0.25) is 11.6 Å². The van der Waals surface area contributed by atoms with Gasteiger partial charge in [-0.2, -0.15) is 0 Å². The van der Waals surface area contributed by atoms with Crippen molar-refractivity contribution in [2.45, 2.75) is 44.6 Å². The van der Waals surface area contributed by atoms with Crippen molar-refractivity contribution >= 4 is 23.5 Å². The molecule has 0 heterocycles. The molecule has 1 aromatic carbocycles. The fraction of sp³-hybridized carbons (Fsp3) is 0.333. The summed E-state index contributed by atoms with van der Waals surface area (Å²) < 4.78 is 0. The van der Waals surface area contributed by atoms with Gasteiger partial charge in [0.15, 0.2) is 12.1 Å². The number of nitrogens with one attached hydrogen (secondary N) is 2. The SMILES string of the molecule is C[C@H](O)[C@@H](NC1=CC(=O)C(N[C@@H](C(=O)O)[C@H](C)O)=C(Cc2ccccc2)C1=O)C(=O)O. The van der Waals surface area contributed by atoms with Gasteiger partial charge in [-0.15, -0.1) is 0 Å². The van der Waals surface area contributed by atoms with Crippen LogP contribution >= 0.6 is 0 Å². The van der Waals surface area contributed by atoms with Crippen LogP contribution in [0.2, 0.25) is 0 Å². The van der Waals surface area contributed by atoms with Crippen LogP contribution in [0, 0.1) is 0 Å². The van der Waals surface area contributed by atoms with E-state index < -0.39 is 47.8 Å². The van der Waals surface area contributed by atoms with Gasteiger partial charge in [-0.25, -0.2) is 9.59 Å². The molecule has 6 N–H and O–H groups in total. The van der Waals surface area contributed by atoms with Gasteiger partial charge >= 0.3 is 11.9 Å². The second kappa shape index (κ2) is 10.0. The third kappa shape index (κ3) is 5.77. The molecular weight excluding hydrogens is 408 g/mol. The predicted molar refractivity (Wildman–Crippen MR) is 108 cm³/mol. The molecule has 0 bridgehead atoms. The molecule has 2 rings (SSSR count). The molecule has 0 unspecified atom stereocenters. The summed E-state index contributed by atoms with van der Waals surface area (Å²) in [4.78, 5) is 48.7. The molecule has 0 aliphatic heterocycles. The van der Waals surface area contributed by atoms with Gasteiger partial charge in [-0.05, 0) is 19.4 Å². The Bertz CT molecular complexity index is 934. The molecule has 0 saturated carbocycles. The molecule has 0 aromatic heterocycles. The van der Waals surface area contributed by atoms with E-state index in [4.69, 9.17) is 0 Å². The first kappa shape index (κ1) is 23.8. The Balaban J connectivity index is 2.48. The smallest absolute Gasteiger partial charge is 0.328 e. The molecule has 0 amide bonds. The summed E-state index contributed by atoms with van der Waals surface area (Å²) in [5.74, 6) is -4.34. The number of carboxylic acids is 2. The molecule has 166 valence electrons. The topological polar surface area (TPSA) is 173 Å². The number of hydrogen-bond acceptors (Lipinski definition) is 8. The lowest BCUT2D eigenvalue weighted by molar-refractivity contribution is -0.143. The van der Waals surface area contributed by atoms with E-state index in [0.29, 0.717) is 5.56 Å². The Hall–Kier alpha value is -3.50.